The smallest absolute Gasteiger partial charge is 0.350 e. The van der Waals surface area contributed by atoms with E-state index in [0.29, 0.717) is 19.8 Å². The van der Waals surface area contributed by atoms with Crippen LogP contribution in [0.3, 0.4) is 0 Å². The molecule has 244 valence electrons. The summed E-state index contributed by atoms with van der Waals surface area (Å²) in [6.07, 6.45) is 5.92. The molecule has 0 N–H and O–H groups in total. The highest BCUT2D eigenvalue weighted by Gasteiger charge is 2.44. The molecule has 2 aliphatic heterocycles. The quantitative estimate of drug-likeness (QED) is 0.203. The molecule has 2 aliphatic rings. The molecule has 4 heterocycles. The highest BCUT2D eigenvalue weighted by molar-refractivity contribution is 5.54. The fourth-order valence-corrected chi connectivity index (χ4v) is 6.23. The zero-order valence-electron chi connectivity index (χ0n) is 26.9. The minimum Gasteiger partial charge on any atom is -0.491 e. The van der Waals surface area contributed by atoms with Crippen molar-refractivity contribution < 1.29 is 14.2 Å². The van der Waals surface area contributed by atoms with E-state index in [4.69, 9.17) is 14.2 Å². The Bertz CT molecular complexity index is 1780. The Morgan fingerprint density at radius 2 is 1.53 bits per heavy atom. The van der Waals surface area contributed by atoms with Gasteiger partial charge in [-0.05, 0) is 67.9 Å². The topological polar surface area (TPSA) is 91.8 Å². The second kappa shape index (κ2) is 13.5. The molecule has 0 amide bonds. The first-order chi connectivity index (χ1) is 23.0. The summed E-state index contributed by atoms with van der Waals surface area (Å²) in [5, 5.41) is 8.67. The average Bonchev–Trinajstić information content (AvgIpc) is 3.89. The van der Waals surface area contributed by atoms with Gasteiger partial charge in [0.15, 0.2) is 0 Å². The normalized spacial score (nSPS) is 20.4. The van der Waals surface area contributed by atoms with E-state index in [9.17, 15) is 4.79 Å². The zero-order chi connectivity index (χ0) is 32.2. The fourth-order valence-electron chi connectivity index (χ4n) is 6.23. The number of benzene rings is 3. The van der Waals surface area contributed by atoms with Crippen molar-refractivity contribution in [3.63, 3.8) is 0 Å². The van der Waals surface area contributed by atoms with Gasteiger partial charge in [0.1, 0.15) is 24.8 Å². The van der Waals surface area contributed by atoms with Crippen molar-refractivity contribution in [1.29, 1.82) is 0 Å². The van der Waals surface area contributed by atoms with Crippen molar-refractivity contribution in [2.24, 2.45) is 0 Å². The third kappa shape index (κ3) is 6.54. The Kier molecular flexibility index (Phi) is 8.82. The summed E-state index contributed by atoms with van der Waals surface area (Å²) in [6.45, 7) is 8.98. The standard InChI is InChI=1S/C36H41N7O4/c1-3-28(2)43-35(44)42(27-38-43)32-12-10-30(11-13-32)39-20-22-40(23-21-39)31-14-16-33(17-15-31)45-24-34-25-46-36(47-34,26-41-19-7-18-37-41)29-8-5-4-6-9-29/h4-19,27-28,34H,3,20-26H2,1-2H3/t28-,34+,36+/m0/s1. The lowest BCUT2D eigenvalue weighted by atomic mass is 10.1. The molecule has 3 aromatic carbocycles. The summed E-state index contributed by atoms with van der Waals surface area (Å²) < 4.78 is 23.9. The lowest BCUT2D eigenvalue weighted by Gasteiger charge is -2.37. The van der Waals surface area contributed by atoms with Gasteiger partial charge in [-0.3, -0.25) is 4.68 Å². The number of rotatable bonds is 11. The van der Waals surface area contributed by atoms with Gasteiger partial charge in [-0.25, -0.2) is 14.0 Å². The maximum atomic E-state index is 12.8. The van der Waals surface area contributed by atoms with Crippen LogP contribution in [0.4, 0.5) is 11.4 Å². The first-order valence-corrected chi connectivity index (χ1v) is 16.4. The van der Waals surface area contributed by atoms with Crippen LogP contribution in [-0.2, 0) is 21.8 Å². The van der Waals surface area contributed by atoms with Gasteiger partial charge in [0.05, 0.1) is 24.9 Å². The lowest BCUT2D eigenvalue weighted by molar-refractivity contribution is -0.190. The predicted molar refractivity (Wildman–Crippen MR) is 180 cm³/mol. The summed E-state index contributed by atoms with van der Waals surface area (Å²) >= 11 is 0. The first-order valence-electron chi connectivity index (χ1n) is 16.4. The molecule has 2 aromatic heterocycles. The van der Waals surface area contributed by atoms with Crippen molar-refractivity contribution in [1.82, 2.24) is 24.1 Å². The molecule has 0 unspecified atom stereocenters. The van der Waals surface area contributed by atoms with Crippen LogP contribution < -0.4 is 20.2 Å². The van der Waals surface area contributed by atoms with Crippen LogP contribution in [0.5, 0.6) is 5.75 Å². The van der Waals surface area contributed by atoms with Crippen molar-refractivity contribution >= 4 is 11.4 Å². The van der Waals surface area contributed by atoms with Gasteiger partial charge in [0.2, 0.25) is 5.79 Å². The summed E-state index contributed by atoms with van der Waals surface area (Å²) in [7, 11) is 0. The summed E-state index contributed by atoms with van der Waals surface area (Å²) in [5.74, 6) is -0.110. The number of ether oxygens (including phenoxy) is 3. The van der Waals surface area contributed by atoms with Crippen LogP contribution in [0.2, 0.25) is 0 Å². The van der Waals surface area contributed by atoms with Gasteiger partial charge in [-0.15, -0.1) is 0 Å². The molecule has 11 heteroatoms. The fraction of sp³-hybridized carbons (Fsp3) is 0.361. The summed E-state index contributed by atoms with van der Waals surface area (Å²) in [4.78, 5) is 17.6. The number of nitrogens with zero attached hydrogens (tertiary/aromatic N) is 7. The Morgan fingerprint density at radius 3 is 2.17 bits per heavy atom. The van der Waals surface area contributed by atoms with Crippen molar-refractivity contribution in [2.45, 2.75) is 44.7 Å². The summed E-state index contributed by atoms with van der Waals surface area (Å²) in [5.41, 5.74) is 4.00. The molecule has 0 spiro atoms. The van der Waals surface area contributed by atoms with Crippen molar-refractivity contribution in [2.75, 3.05) is 49.2 Å². The first kappa shape index (κ1) is 30.8. The largest absolute Gasteiger partial charge is 0.491 e. The van der Waals surface area contributed by atoms with E-state index in [1.807, 2.05) is 78.5 Å². The van der Waals surface area contributed by atoms with Crippen LogP contribution in [-0.4, -0.2) is 69.6 Å². The Hall–Kier alpha value is -4.87. The van der Waals surface area contributed by atoms with Gasteiger partial charge in [-0.1, -0.05) is 37.3 Å². The minimum absolute atomic E-state index is 0.0738. The molecule has 0 aliphatic carbocycles. The molecule has 0 bridgehead atoms. The molecule has 2 fully saturated rings. The van der Waals surface area contributed by atoms with Gasteiger partial charge in [-0.2, -0.15) is 10.2 Å². The number of piperazine rings is 1. The van der Waals surface area contributed by atoms with E-state index < -0.39 is 5.79 Å². The van der Waals surface area contributed by atoms with Crippen LogP contribution >= 0.6 is 0 Å². The van der Waals surface area contributed by atoms with Gasteiger partial charge >= 0.3 is 5.69 Å². The van der Waals surface area contributed by atoms with Gasteiger partial charge < -0.3 is 24.0 Å². The average molecular weight is 636 g/mol. The Balaban J connectivity index is 0.913. The highest BCUT2D eigenvalue weighted by Crippen LogP contribution is 2.36. The van der Waals surface area contributed by atoms with Crippen molar-refractivity contribution in [3.05, 3.63) is 120 Å². The van der Waals surface area contributed by atoms with E-state index in [2.05, 4.69) is 51.2 Å². The summed E-state index contributed by atoms with van der Waals surface area (Å²) in [6, 6.07) is 28.4. The van der Waals surface area contributed by atoms with Crippen LogP contribution in [0.15, 0.2) is 108 Å². The van der Waals surface area contributed by atoms with Crippen LogP contribution in [0, 0.1) is 0 Å². The van der Waals surface area contributed by atoms with E-state index in [-0.39, 0.29) is 17.8 Å². The van der Waals surface area contributed by atoms with E-state index >= 15 is 0 Å². The number of anilines is 2. The van der Waals surface area contributed by atoms with Crippen molar-refractivity contribution in [3.8, 4) is 11.4 Å². The predicted octanol–water partition coefficient (Wildman–Crippen LogP) is 4.88. The van der Waals surface area contributed by atoms with Crippen LogP contribution in [0.25, 0.3) is 5.69 Å². The lowest BCUT2D eigenvalue weighted by Crippen LogP contribution is -2.46. The minimum atomic E-state index is -0.911. The van der Waals surface area contributed by atoms with E-state index in [0.717, 1.165) is 55.3 Å². The maximum absolute atomic E-state index is 12.8. The molecule has 11 nitrogen and oxygen atoms in total. The van der Waals surface area contributed by atoms with Gasteiger partial charge in [0, 0.05) is 55.5 Å². The monoisotopic (exact) mass is 635 g/mol. The molecule has 7 rings (SSSR count). The second-order valence-corrected chi connectivity index (χ2v) is 12.2. The molecule has 47 heavy (non-hydrogen) atoms. The molecular formula is C36H41N7O4. The number of hydrogen-bond acceptors (Lipinski definition) is 8. The Labute approximate surface area is 274 Å². The van der Waals surface area contributed by atoms with E-state index in [1.54, 1.807) is 21.8 Å². The molecular weight excluding hydrogens is 594 g/mol. The maximum Gasteiger partial charge on any atom is 0.350 e. The number of hydrogen-bond donors (Lipinski definition) is 0. The number of aromatic nitrogens is 5. The molecule has 2 saturated heterocycles. The third-order valence-electron chi connectivity index (χ3n) is 9.11. The molecule has 0 radical (unpaired) electrons. The molecule has 0 saturated carbocycles. The van der Waals surface area contributed by atoms with Gasteiger partial charge in [0.25, 0.3) is 0 Å². The SMILES string of the molecule is CC[C@H](C)n1ncn(-c2ccc(N3CCN(c4ccc(OC[C@@H]5CO[C@@](Cn6cccn6)(c6ccccc6)O5)cc4)CC3)cc2)c1=O. The second-order valence-electron chi connectivity index (χ2n) is 12.2. The highest BCUT2D eigenvalue weighted by atomic mass is 16.8. The molecule has 5 aromatic rings. The zero-order valence-corrected chi connectivity index (χ0v) is 26.9. The Morgan fingerprint density at radius 1 is 0.872 bits per heavy atom. The van der Waals surface area contributed by atoms with Crippen LogP contribution in [0.1, 0.15) is 31.9 Å². The molecule has 3 atom stereocenters. The van der Waals surface area contributed by atoms with E-state index in [1.165, 1.54) is 5.69 Å². The third-order valence-corrected chi connectivity index (χ3v) is 9.11.